The summed E-state index contributed by atoms with van der Waals surface area (Å²) < 4.78 is 0. The largest absolute Gasteiger partial charge is 0.299 e. The van der Waals surface area contributed by atoms with E-state index in [0.29, 0.717) is 25.0 Å². The topological polar surface area (TPSA) is 69.6 Å². The number of nitrogens with zero attached hydrogens (tertiary/aromatic N) is 1. The van der Waals surface area contributed by atoms with E-state index in [9.17, 15) is 9.59 Å². The van der Waals surface area contributed by atoms with Crippen LogP contribution in [0.4, 0.5) is 0 Å². The van der Waals surface area contributed by atoms with E-state index in [4.69, 9.17) is 5.21 Å². The van der Waals surface area contributed by atoms with Crippen LogP contribution in [0, 0.1) is 5.92 Å². The summed E-state index contributed by atoms with van der Waals surface area (Å²) >= 11 is 0. The Hall–Kier alpha value is -2.50. The summed E-state index contributed by atoms with van der Waals surface area (Å²) in [5, 5.41) is 8.51. The number of Topliss-reactive ketones (excluding diaryl/α,β-unsaturated/α-hetero) is 1. The molecule has 0 bridgehead atoms. The van der Waals surface area contributed by atoms with Gasteiger partial charge in [0, 0.05) is 18.8 Å². The molecule has 1 amide bonds. The second kappa shape index (κ2) is 10.9. The van der Waals surface area contributed by atoms with Gasteiger partial charge in [0.15, 0.2) is 0 Å². The molecule has 154 valence electrons. The Kier molecular flexibility index (Phi) is 7.96. The van der Waals surface area contributed by atoms with Gasteiger partial charge in [0.25, 0.3) is 0 Å². The zero-order valence-electron chi connectivity index (χ0n) is 16.8. The highest BCUT2D eigenvalue weighted by Crippen LogP contribution is 2.32. The Bertz CT molecular complexity index is 732. The fraction of sp³-hybridized carbons (Fsp3) is 0.417. The number of hydrogen-bond acceptors (Lipinski definition) is 4. The highest BCUT2D eigenvalue weighted by atomic mass is 16.5. The molecule has 1 fully saturated rings. The zero-order valence-corrected chi connectivity index (χ0v) is 16.8. The minimum atomic E-state index is -0.390. The number of carbonyl (C=O) groups is 2. The number of hydroxylamine groups is 1. The highest BCUT2D eigenvalue weighted by molar-refractivity contribution is 5.81. The van der Waals surface area contributed by atoms with Crippen LogP contribution in [-0.4, -0.2) is 34.9 Å². The fourth-order valence-corrected chi connectivity index (χ4v) is 4.21. The van der Waals surface area contributed by atoms with E-state index >= 15 is 0 Å². The summed E-state index contributed by atoms with van der Waals surface area (Å²) in [4.78, 5) is 26.1. The Morgan fingerprint density at radius 3 is 1.93 bits per heavy atom. The monoisotopic (exact) mass is 394 g/mol. The van der Waals surface area contributed by atoms with Crippen LogP contribution in [0.5, 0.6) is 0 Å². The molecule has 1 aliphatic rings. The summed E-state index contributed by atoms with van der Waals surface area (Å²) in [7, 11) is 0. The Balaban J connectivity index is 1.56. The molecule has 1 saturated heterocycles. The van der Waals surface area contributed by atoms with Gasteiger partial charge in [0.2, 0.25) is 5.91 Å². The first-order valence-corrected chi connectivity index (χ1v) is 10.5. The van der Waals surface area contributed by atoms with Crippen LogP contribution < -0.4 is 5.48 Å². The summed E-state index contributed by atoms with van der Waals surface area (Å²) in [6.45, 7) is 1.80. The maximum atomic E-state index is 12.6. The third-order valence-corrected chi connectivity index (χ3v) is 5.78. The molecule has 0 aliphatic carbocycles. The van der Waals surface area contributed by atoms with E-state index in [-0.39, 0.29) is 18.4 Å². The number of ketones is 1. The Morgan fingerprint density at radius 1 is 0.897 bits per heavy atom. The van der Waals surface area contributed by atoms with Gasteiger partial charge < -0.3 is 0 Å². The van der Waals surface area contributed by atoms with Crippen LogP contribution in [0.25, 0.3) is 0 Å². The van der Waals surface area contributed by atoms with Gasteiger partial charge in [-0.2, -0.15) is 0 Å². The molecule has 0 spiro atoms. The third kappa shape index (κ3) is 5.99. The van der Waals surface area contributed by atoms with Crippen molar-refractivity contribution in [2.75, 3.05) is 13.1 Å². The number of hydrogen-bond donors (Lipinski definition) is 2. The zero-order chi connectivity index (χ0) is 20.5. The lowest BCUT2D eigenvalue weighted by Gasteiger charge is -2.37. The predicted octanol–water partition coefficient (Wildman–Crippen LogP) is 4.12. The molecule has 1 heterocycles. The molecule has 2 aromatic carbocycles. The maximum absolute atomic E-state index is 12.6. The van der Waals surface area contributed by atoms with Crippen LogP contribution in [-0.2, 0) is 9.59 Å². The van der Waals surface area contributed by atoms with Crippen molar-refractivity contribution in [3.63, 3.8) is 0 Å². The van der Waals surface area contributed by atoms with Gasteiger partial charge in [0.05, 0.1) is 6.04 Å². The van der Waals surface area contributed by atoms with E-state index < -0.39 is 5.91 Å². The van der Waals surface area contributed by atoms with Crippen molar-refractivity contribution in [2.45, 2.75) is 44.6 Å². The van der Waals surface area contributed by atoms with Gasteiger partial charge in [-0.1, -0.05) is 60.7 Å². The molecule has 2 aromatic rings. The van der Waals surface area contributed by atoms with Crippen LogP contribution in [0.2, 0.25) is 0 Å². The SMILES string of the molecule is O=C(CCCCC(=O)C1CCN(C(c2ccccc2)c2ccccc2)CC1)NO. The first-order valence-electron chi connectivity index (χ1n) is 10.5. The van der Waals surface area contributed by atoms with Gasteiger partial charge in [-0.25, -0.2) is 5.48 Å². The predicted molar refractivity (Wildman–Crippen MR) is 112 cm³/mol. The quantitative estimate of drug-likeness (QED) is 0.381. The third-order valence-electron chi connectivity index (χ3n) is 5.78. The highest BCUT2D eigenvalue weighted by Gasteiger charge is 2.29. The lowest BCUT2D eigenvalue weighted by Crippen LogP contribution is -2.39. The van der Waals surface area contributed by atoms with Gasteiger partial charge in [-0.3, -0.25) is 19.7 Å². The molecule has 29 heavy (non-hydrogen) atoms. The van der Waals surface area contributed by atoms with E-state index in [1.807, 2.05) is 12.1 Å². The average Bonchev–Trinajstić information content (AvgIpc) is 2.78. The van der Waals surface area contributed by atoms with E-state index in [2.05, 4.69) is 53.4 Å². The van der Waals surface area contributed by atoms with E-state index in [1.165, 1.54) is 11.1 Å². The van der Waals surface area contributed by atoms with Gasteiger partial charge in [-0.05, 0) is 49.9 Å². The van der Waals surface area contributed by atoms with Gasteiger partial charge >= 0.3 is 0 Å². The number of piperidine rings is 1. The maximum Gasteiger partial charge on any atom is 0.243 e. The molecule has 0 saturated carbocycles. The summed E-state index contributed by atoms with van der Waals surface area (Å²) in [6.07, 6.45) is 3.87. The second-order valence-corrected chi connectivity index (χ2v) is 7.74. The van der Waals surface area contributed by atoms with Crippen molar-refractivity contribution < 1.29 is 14.8 Å². The summed E-state index contributed by atoms with van der Waals surface area (Å²) in [5.41, 5.74) is 4.20. The number of likely N-dealkylation sites (tertiary alicyclic amines) is 1. The molecule has 2 N–H and O–H groups in total. The Morgan fingerprint density at radius 2 is 1.41 bits per heavy atom. The number of nitrogens with one attached hydrogen (secondary N) is 1. The Labute approximate surface area is 172 Å². The minimum Gasteiger partial charge on any atom is -0.299 e. The lowest BCUT2D eigenvalue weighted by molar-refractivity contribution is -0.129. The normalized spacial score (nSPS) is 15.4. The molecule has 5 heteroatoms. The molecular weight excluding hydrogens is 364 g/mol. The summed E-state index contributed by atoms with van der Waals surface area (Å²) in [6, 6.07) is 21.3. The molecule has 0 atom stereocenters. The molecule has 3 rings (SSSR count). The number of carbonyl (C=O) groups excluding carboxylic acids is 2. The minimum absolute atomic E-state index is 0.116. The standard InChI is InChI=1S/C24H30N2O3/c27-22(13-7-8-14-23(28)25-29)19-15-17-26(18-16-19)24(20-9-3-1-4-10-20)21-11-5-2-6-12-21/h1-6,9-12,19,24,29H,7-8,13-18H2,(H,25,28). The average molecular weight is 395 g/mol. The van der Waals surface area contributed by atoms with Crippen molar-refractivity contribution in [3.05, 3.63) is 71.8 Å². The van der Waals surface area contributed by atoms with Crippen LogP contribution in [0.3, 0.4) is 0 Å². The molecule has 1 aliphatic heterocycles. The number of amides is 1. The van der Waals surface area contributed by atoms with Crippen molar-refractivity contribution in [3.8, 4) is 0 Å². The first kappa shape index (κ1) is 21.2. The number of unbranched alkanes of at least 4 members (excludes halogenated alkanes) is 1. The van der Waals surface area contributed by atoms with E-state index in [0.717, 1.165) is 25.9 Å². The molecule has 0 aromatic heterocycles. The summed E-state index contributed by atoms with van der Waals surface area (Å²) in [5.74, 6) is 0.0359. The lowest BCUT2D eigenvalue weighted by atomic mass is 9.87. The molecule has 5 nitrogen and oxygen atoms in total. The second-order valence-electron chi connectivity index (χ2n) is 7.74. The van der Waals surface area contributed by atoms with Crippen LogP contribution in [0.1, 0.15) is 55.7 Å². The first-order chi connectivity index (χ1) is 14.2. The molecule has 0 unspecified atom stereocenters. The number of benzene rings is 2. The van der Waals surface area contributed by atoms with Gasteiger partial charge in [-0.15, -0.1) is 0 Å². The molecule has 0 radical (unpaired) electrons. The van der Waals surface area contributed by atoms with E-state index in [1.54, 1.807) is 5.48 Å². The van der Waals surface area contributed by atoms with Crippen molar-refractivity contribution in [2.24, 2.45) is 5.92 Å². The van der Waals surface area contributed by atoms with Crippen molar-refractivity contribution in [1.29, 1.82) is 0 Å². The fourth-order valence-electron chi connectivity index (χ4n) is 4.21. The number of rotatable bonds is 9. The smallest absolute Gasteiger partial charge is 0.243 e. The van der Waals surface area contributed by atoms with Crippen LogP contribution in [0.15, 0.2) is 60.7 Å². The van der Waals surface area contributed by atoms with Crippen molar-refractivity contribution in [1.82, 2.24) is 10.4 Å². The molecular formula is C24H30N2O3. The van der Waals surface area contributed by atoms with Gasteiger partial charge in [0.1, 0.15) is 5.78 Å². The van der Waals surface area contributed by atoms with Crippen molar-refractivity contribution >= 4 is 11.7 Å². The van der Waals surface area contributed by atoms with Crippen LogP contribution >= 0.6 is 0 Å².